The van der Waals surface area contributed by atoms with Crippen LogP contribution in [0, 0.1) is 0 Å². The first-order valence-corrected chi connectivity index (χ1v) is 15.2. The molecule has 0 saturated carbocycles. The van der Waals surface area contributed by atoms with Gasteiger partial charge in [-0.15, -0.1) is 0 Å². The molecule has 0 heterocycles. The molecule has 28 heavy (non-hydrogen) atoms. The van der Waals surface area contributed by atoms with Crippen LogP contribution in [0.3, 0.4) is 0 Å². The molecule has 0 aliphatic rings. The summed E-state index contributed by atoms with van der Waals surface area (Å²) < 4.78 is 64.2. The predicted octanol–water partition coefficient (Wildman–Crippen LogP) is 4.87. The summed E-state index contributed by atoms with van der Waals surface area (Å²) in [6, 6.07) is 0. The second-order valence-corrected chi connectivity index (χ2v) is 13.2. The van der Waals surface area contributed by atoms with E-state index in [4.69, 9.17) is 40.9 Å². The van der Waals surface area contributed by atoms with Gasteiger partial charge in [0.1, 0.15) is 0 Å². The molecule has 9 nitrogen and oxygen atoms in total. The van der Waals surface area contributed by atoms with Crippen molar-refractivity contribution in [1.82, 2.24) is 0 Å². The van der Waals surface area contributed by atoms with Crippen LogP contribution in [0.4, 0.5) is 0 Å². The molecule has 0 spiro atoms. The monoisotopic (exact) mass is 530 g/mol. The van der Waals surface area contributed by atoms with Crippen molar-refractivity contribution in [2.75, 3.05) is 33.0 Å². The summed E-state index contributed by atoms with van der Waals surface area (Å²) in [7, 11) is -7.06. The molecular weight excluding hydrogens is 496 g/mol. The molecule has 0 amide bonds. The van der Waals surface area contributed by atoms with Gasteiger partial charge < -0.3 is 0 Å². The van der Waals surface area contributed by atoms with E-state index in [0.717, 1.165) is 0 Å². The zero-order valence-electron chi connectivity index (χ0n) is 17.7. The van der Waals surface area contributed by atoms with E-state index in [1.807, 2.05) is 0 Å². The number of rotatable bonds is 17. The fourth-order valence-electron chi connectivity index (χ4n) is 1.83. The Morgan fingerprint density at radius 3 is 1.32 bits per heavy atom. The maximum absolute atomic E-state index is 12.9. The molecule has 0 bridgehead atoms. The van der Waals surface area contributed by atoms with Crippen molar-refractivity contribution in [1.29, 1.82) is 0 Å². The summed E-state index contributed by atoms with van der Waals surface area (Å²) in [5, 5.41) is -0.300. The number of hydrogen-bond donors (Lipinski definition) is 0. The van der Waals surface area contributed by atoms with E-state index in [-0.39, 0.29) is 38.4 Å². The zero-order valence-corrected chi connectivity index (χ0v) is 22.1. The second kappa shape index (κ2) is 14.9. The second-order valence-electron chi connectivity index (χ2n) is 5.46. The summed E-state index contributed by atoms with van der Waals surface area (Å²) in [4.78, 5) is 0. The number of alkyl halides is 1. The van der Waals surface area contributed by atoms with E-state index in [1.165, 1.54) is 0 Å². The Kier molecular flexibility index (Phi) is 15.5. The molecule has 170 valence electrons. The summed E-state index contributed by atoms with van der Waals surface area (Å²) in [5.74, 6) is -1.88. The summed E-state index contributed by atoms with van der Waals surface area (Å²) in [6.45, 7) is 12.6. The van der Waals surface area contributed by atoms with Gasteiger partial charge in [0.2, 0.25) is 0 Å². The van der Waals surface area contributed by atoms with Crippen molar-refractivity contribution in [2.45, 2.75) is 65.5 Å². The summed E-state index contributed by atoms with van der Waals surface area (Å²) in [5.41, 5.74) is 0. The first-order chi connectivity index (χ1) is 13.1. The minimum atomic E-state index is -3.53. The molecule has 0 aliphatic carbocycles. The zero-order chi connectivity index (χ0) is 21.8. The molecule has 0 N–H and O–H groups in total. The van der Waals surface area contributed by atoms with Crippen LogP contribution in [-0.4, -0.2) is 65.8 Å². The summed E-state index contributed by atoms with van der Waals surface area (Å²) >= 11 is 2.92. The van der Waals surface area contributed by atoms with Gasteiger partial charge in [-0.05, 0) is 0 Å². The van der Waals surface area contributed by atoms with Crippen LogP contribution in [0.15, 0.2) is 0 Å². The topological polar surface area (TPSA) is 98.8 Å². The molecule has 13 heteroatoms. The van der Waals surface area contributed by atoms with Crippen LogP contribution in [0.1, 0.15) is 48.5 Å². The molecule has 3 atom stereocenters. The first-order valence-electron chi connectivity index (χ1n) is 9.26. The third kappa shape index (κ3) is 10.4. The molecule has 0 aromatic carbocycles. The molecule has 0 aromatic rings. The van der Waals surface area contributed by atoms with Gasteiger partial charge in [-0.1, -0.05) is 0 Å². The first kappa shape index (κ1) is 29.0. The van der Waals surface area contributed by atoms with Crippen molar-refractivity contribution in [3.05, 3.63) is 0 Å². The maximum atomic E-state index is 12.9. The van der Waals surface area contributed by atoms with E-state index in [0.29, 0.717) is 0 Å². The van der Waals surface area contributed by atoms with Crippen LogP contribution in [0.2, 0.25) is 0 Å². The van der Waals surface area contributed by atoms with Gasteiger partial charge >= 0.3 is 179 Å². The van der Waals surface area contributed by atoms with Crippen LogP contribution < -0.4 is 0 Å². The Morgan fingerprint density at radius 2 is 1.07 bits per heavy atom. The predicted molar refractivity (Wildman–Crippen MR) is 110 cm³/mol. The Balaban J connectivity index is 5.35. The third-order valence-corrected chi connectivity index (χ3v) is 11.1. The van der Waals surface area contributed by atoms with Gasteiger partial charge in [0, 0.05) is 0 Å². The van der Waals surface area contributed by atoms with Gasteiger partial charge in [0.25, 0.3) is 0 Å². The van der Waals surface area contributed by atoms with Crippen molar-refractivity contribution >= 4 is 42.5 Å². The SMILES string of the molecule is CCOP(=O)(OCC)C(C)O[As](OCC(C)Cl)OC(C)P(=O)(OCC)OCC. The van der Waals surface area contributed by atoms with E-state index >= 15 is 0 Å². The summed E-state index contributed by atoms with van der Waals surface area (Å²) in [6.07, 6.45) is 0. The molecule has 0 fully saturated rings. The Bertz CT molecular complexity index is 454. The van der Waals surface area contributed by atoms with Gasteiger partial charge in [-0.3, -0.25) is 0 Å². The van der Waals surface area contributed by atoms with E-state index in [2.05, 4.69) is 0 Å². The quantitative estimate of drug-likeness (QED) is 0.148. The van der Waals surface area contributed by atoms with Crippen molar-refractivity contribution in [3.8, 4) is 0 Å². The Labute approximate surface area is 179 Å². The third-order valence-electron chi connectivity index (χ3n) is 3.01. The normalized spacial score (nSPS) is 17.3. The van der Waals surface area contributed by atoms with Gasteiger partial charge in [-0.2, -0.15) is 0 Å². The Morgan fingerprint density at radius 1 is 0.750 bits per heavy atom. The fraction of sp³-hybridized carbons (Fsp3) is 1.00. The van der Waals surface area contributed by atoms with Crippen molar-refractivity contribution in [2.24, 2.45) is 0 Å². The molecule has 3 unspecified atom stereocenters. The van der Waals surface area contributed by atoms with E-state index in [9.17, 15) is 9.13 Å². The van der Waals surface area contributed by atoms with Gasteiger partial charge in [-0.25, -0.2) is 0 Å². The minimum absolute atomic E-state index is 0.141. The van der Waals surface area contributed by atoms with Crippen molar-refractivity contribution < 1.29 is 38.4 Å². The van der Waals surface area contributed by atoms with E-state index in [1.54, 1.807) is 48.5 Å². The Hall–Kier alpha value is 1.03. The van der Waals surface area contributed by atoms with Gasteiger partial charge in [0.05, 0.1) is 0 Å². The van der Waals surface area contributed by atoms with Crippen LogP contribution in [0.5, 0.6) is 0 Å². The molecule has 0 rings (SSSR count). The van der Waals surface area contributed by atoms with Crippen LogP contribution in [-0.2, 0) is 38.4 Å². The molecule has 0 radical (unpaired) electrons. The van der Waals surface area contributed by atoms with Crippen molar-refractivity contribution in [3.63, 3.8) is 0 Å². The standard InChI is InChI=1S/C15H34AsClO9P2/c1-8-21-27(18,22-9-2)14(6)25-16(20-12-13(5)17)26-15(7)28(19,23-10-3)24-11-4/h13-15H,8-12H2,1-7H3. The van der Waals surface area contributed by atoms with Crippen LogP contribution >= 0.6 is 26.8 Å². The molecule has 0 saturated heterocycles. The molecule has 0 aliphatic heterocycles. The molecule has 0 aromatic heterocycles. The van der Waals surface area contributed by atoms with Crippen LogP contribution in [0.25, 0.3) is 0 Å². The average Bonchev–Trinajstić information content (AvgIpc) is 2.60. The number of hydrogen-bond acceptors (Lipinski definition) is 9. The van der Waals surface area contributed by atoms with E-state index < -0.39 is 42.6 Å². The fourth-order valence-corrected chi connectivity index (χ4v) is 9.12. The number of halogens is 1. The molecular formula is C15H34AsClO9P2. The average molecular weight is 531 g/mol. The van der Waals surface area contributed by atoms with Gasteiger partial charge in [0.15, 0.2) is 0 Å².